The van der Waals surface area contributed by atoms with Gasteiger partial charge in [0.05, 0.1) is 6.10 Å². The molecule has 0 saturated carbocycles. The molecule has 2 rings (SSSR count). The first-order chi connectivity index (χ1) is 13.1. The molecule has 0 bridgehead atoms. The molecule has 4 heteroatoms. The van der Waals surface area contributed by atoms with E-state index in [2.05, 4.69) is 24.9 Å². The molecule has 1 unspecified atom stereocenters. The van der Waals surface area contributed by atoms with E-state index in [1.807, 2.05) is 12.1 Å². The van der Waals surface area contributed by atoms with E-state index in [1.165, 1.54) is 31.2 Å². The Labute approximate surface area is 161 Å². The van der Waals surface area contributed by atoms with E-state index in [-0.39, 0.29) is 11.7 Å². The Morgan fingerprint density at radius 1 is 1.19 bits per heavy atom. The Morgan fingerprint density at radius 3 is 2.74 bits per heavy atom. The molecule has 1 atom stereocenters. The minimum Gasteiger partial charge on any atom is -0.493 e. The molecule has 0 fully saturated rings. The van der Waals surface area contributed by atoms with Crippen LogP contribution in [0.15, 0.2) is 42.6 Å². The van der Waals surface area contributed by atoms with Gasteiger partial charge in [0.25, 0.3) is 0 Å². The lowest BCUT2D eigenvalue weighted by Crippen LogP contribution is -2.08. The SMILES string of the molecule is CCCCCOC(C)CCCC=Cc1ccc(-c2ccc(O)nc2)c(F)c1. The largest absolute Gasteiger partial charge is 0.493 e. The van der Waals surface area contributed by atoms with E-state index in [1.54, 1.807) is 12.1 Å². The van der Waals surface area contributed by atoms with E-state index in [0.717, 1.165) is 37.9 Å². The normalized spacial score (nSPS) is 12.6. The van der Waals surface area contributed by atoms with Crippen molar-refractivity contribution in [2.24, 2.45) is 0 Å². The maximum absolute atomic E-state index is 14.4. The van der Waals surface area contributed by atoms with Crippen LogP contribution in [0.1, 0.15) is 57.9 Å². The van der Waals surface area contributed by atoms with Gasteiger partial charge in [0.2, 0.25) is 5.88 Å². The van der Waals surface area contributed by atoms with Gasteiger partial charge in [0.1, 0.15) is 5.82 Å². The molecular formula is C23H30FNO2. The Balaban J connectivity index is 1.77. The van der Waals surface area contributed by atoms with Crippen molar-refractivity contribution in [1.82, 2.24) is 4.98 Å². The highest BCUT2D eigenvalue weighted by Gasteiger charge is 2.06. The first-order valence-corrected chi connectivity index (χ1v) is 9.83. The maximum atomic E-state index is 14.4. The molecule has 0 saturated heterocycles. The van der Waals surface area contributed by atoms with Crippen LogP contribution in [0.5, 0.6) is 5.88 Å². The van der Waals surface area contributed by atoms with E-state index in [0.29, 0.717) is 17.2 Å². The van der Waals surface area contributed by atoms with Crippen molar-refractivity contribution in [3.63, 3.8) is 0 Å². The second kappa shape index (κ2) is 11.5. The van der Waals surface area contributed by atoms with Crippen LogP contribution >= 0.6 is 0 Å². The molecule has 0 aliphatic heterocycles. The topological polar surface area (TPSA) is 42.4 Å². The predicted octanol–water partition coefficient (Wildman–Crippen LogP) is 6.37. The molecule has 0 radical (unpaired) electrons. The third kappa shape index (κ3) is 7.51. The highest BCUT2D eigenvalue weighted by atomic mass is 19.1. The number of pyridine rings is 1. The number of unbranched alkanes of at least 4 members (excludes halogenated alkanes) is 3. The number of ether oxygens (including phenoxy) is 1. The average molecular weight is 371 g/mol. The number of halogens is 1. The molecule has 0 spiro atoms. The standard InChI is InChI=1S/C23H30FNO2/c1-3-4-8-15-27-18(2)9-6-5-7-10-19-11-13-21(22(24)16-19)20-12-14-23(26)25-17-20/h7,10-14,16-18H,3-6,8-9,15H2,1-2H3,(H,25,26). The number of hydrogen-bond donors (Lipinski definition) is 1. The van der Waals surface area contributed by atoms with Crippen LogP contribution in [-0.2, 0) is 4.74 Å². The number of rotatable bonds is 11. The Kier molecular flexibility index (Phi) is 8.99. The lowest BCUT2D eigenvalue weighted by molar-refractivity contribution is 0.0566. The quantitative estimate of drug-likeness (QED) is 0.467. The van der Waals surface area contributed by atoms with E-state index < -0.39 is 0 Å². The van der Waals surface area contributed by atoms with Gasteiger partial charge in [-0.25, -0.2) is 9.37 Å². The number of aromatic hydroxyl groups is 1. The molecule has 27 heavy (non-hydrogen) atoms. The van der Waals surface area contributed by atoms with Gasteiger partial charge in [-0.15, -0.1) is 0 Å². The van der Waals surface area contributed by atoms with E-state index >= 15 is 0 Å². The van der Waals surface area contributed by atoms with Gasteiger partial charge in [-0.2, -0.15) is 0 Å². The molecule has 0 aliphatic rings. The van der Waals surface area contributed by atoms with Crippen LogP contribution in [-0.4, -0.2) is 22.8 Å². The van der Waals surface area contributed by atoms with Crippen LogP contribution in [0, 0.1) is 5.82 Å². The van der Waals surface area contributed by atoms with Crippen molar-refractivity contribution in [1.29, 1.82) is 0 Å². The molecule has 0 aliphatic carbocycles. The summed E-state index contributed by atoms with van der Waals surface area (Å²) in [5.41, 5.74) is 1.97. The monoisotopic (exact) mass is 371 g/mol. The van der Waals surface area contributed by atoms with Gasteiger partial charge in [-0.05, 0) is 50.3 Å². The summed E-state index contributed by atoms with van der Waals surface area (Å²) in [5.74, 6) is -0.363. The summed E-state index contributed by atoms with van der Waals surface area (Å²) in [5, 5.41) is 9.23. The Bertz CT molecular complexity index is 713. The van der Waals surface area contributed by atoms with Crippen LogP contribution in [0.3, 0.4) is 0 Å². The second-order valence-corrected chi connectivity index (χ2v) is 6.87. The molecule has 146 valence electrons. The van der Waals surface area contributed by atoms with Gasteiger partial charge in [0, 0.05) is 30.0 Å². The van der Waals surface area contributed by atoms with Gasteiger partial charge in [-0.3, -0.25) is 0 Å². The van der Waals surface area contributed by atoms with Gasteiger partial charge >= 0.3 is 0 Å². The third-order valence-electron chi connectivity index (χ3n) is 4.49. The first kappa shape index (κ1) is 21.1. The smallest absolute Gasteiger partial charge is 0.210 e. The van der Waals surface area contributed by atoms with Crippen molar-refractivity contribution in [2.45, 2.75) is 58.5 Å². The average Bonchev–Trinajstić information content (AvgIpc) is 2.66. The van der Waals surface area contributed by atoms with Crippen molar-refractivity contribution in [3.05, 3.63) is 54.0 Å². The molecule has 1 aromatic heterocycles. The molecule has 1 N–H and O–H groups in total. The van der Waals surface area contributed by atoms with Gasteiger partial charge in [-0.1, -0.05) is 44.1 Å². The highest BCUT2D eigenvalue weighted by Crippen LogP contribution is 2.24. The summed E-state index contributed by atoms with van der Waals surface area (Å²) in [4.78, 5) is 3.80. The molecule has 2 aromatic rings. The number of allylic oxidation sites excluding steroid dienone is 1. The van der Waals surface area contributed by atoms with E-state index in [9.17, 15) is 9.50 Å². The number of aromatic nitrogens is 1. The van der Waals surface area contributed by atoms with Crippen LogP contribution in [0.2, 0.25) is 0 Å². The number of nitrogens with zero attached hydrogens (tertiary/aromatic N) is 1. The minimum atomic E-state index is -0.293. The molecule has 1 aromatic carbocycles. The third-order valence-corrected chi connectivity index (χ3v) is 4.49. The zero-order chi connectivity index (χ0) is 19.5. The lowest BCUT2D eigenvalue weighted by Gasteiger charge is -2.12. The fourth-order valence-corrected chi connectivity index (χ4v) is 2.88. The first-order valence-electron chi connectivity index (χ1n) is 9.83. The Hall–Kier alpha value is -2.20. The van der Waals surface area contributed by atoms with Gasteiger partial charge < -0.3 is 9.84 Å². The predicted molar refractivity (Wildman–Crippen MR) is 109 cm³/mol. The van der Waals surface area contributed by atoms with Crippen molar-refractivity contribution >= 4 is 6.08 Å². The summed E-state index contributed by atoms with van der Waals surface area (Å²) < 4.78 is 20.1. The minimum absolute atomic E-state index is 0.0700. The fourth-order valence-electron chi connectivity index (χ4n) is 2.88. The fraction of sp³-hybridized carbons (Fsp3) is 0.435. The van der Waals surface area contributed by atoms with E-state index in [4.69, 9.17) is 4.74 Å². The molecule has 3 nitrogen and oxygen atoms in total. The highest BCUT2D eigenvalue weighted by molar-refractivity contribution is 5.66. The summed E-state index contributed by atoms with van der Waals surface area (Å²) in [6.07, 6.45) is 12.4. The van der Waals surface area contributed by atoms with Gasteiger partial charge in [0.15, 0.2) is 0 Å². The summed E-state index contributed by atoms with van der Waals surface area (Å²) in [6, 6.07) is 8.27. The zero-order valence-corrected chi connectivity index (χ0v) is 16.3. The van der Waals surface area contributed by atoms with Crippen molar-refractivity contribution < 1.29 is 14.2 Å². The van der Waals surface area contributed by atoms with Crippen LogP contribution in [0.25, 0.3) is 17.2 Å². The molecular weight excluding hydrogens is 341 g/mol. The second-order valence-electron chi connectivity index (χ2n) is 6.87. The molecule has 1 heterocycles. The number of benzene rings is 1. The Morgan fingerprint density at radius 2 is 2.04 bits per heavy atom. The summed E-state index contributed by atoms with van der Waals surface area (Å²) in [6.45, 7) is 5.18. The summed E-state index contributed by atoms with van der Waals surface area (Å²) in [7, 11) is 0. The van der Waals surface area contributed by atoms with Crippen LogP contribution in [0.4, 0.5) is 4.39 Å². The zero-order valence-electron chi connectivity index (χ0n) is 16.3. The maximum Gasteiger partial charge on any atom is 0.210 e. The molecule has 0 amide bonds. The van der Waals surface area contributed by atoms with Crippen molar-refractivity contribution in [3.8, 4) is 17.0 Å². The van der Waals surface area contributed by atoms with Crippen LogP contribution < -0.4 is 0 Å². The van der Waals surface area contributed by atoms with Crippen molar-refractivity contribution in [2.75, 3.05) is 6.61 Å². The summed E-state index contributed by atoms with van der Waals surface area (Å²) >= 11 is 0. The number of hydrogen-bond acceptors (Lipinski definition) is 3. The lowest BCUT2D eigenvalue weighted by atomic mass is 10.0.